The predicted molar refractivity (Wildman–Crippen MR) is 83.1 cm³/mol. The molecule has 2 aromatic carbocycles. The Balaban J connectivity index is 1.68. The highest BCUT2D eigenvalue weighted by molar-refractivity contribution is 7.99. The molecule has 2 aromatic rings. The van der Waals surface area contributed by atoms with E-state index in [1.165, 1.54) is 10.5 Å². The number of carbonyl (C=O) groups is 1. The third-order valence-corrected chi connectivity index (χ3v) is 4.42. The third-order valence-electron chi connectivity index (χ3n) is 3.30. The van der Waals surface area contributed by atoms with Crippen LogP contribution in [0.25, 0.3) is 0 Å². The van der Waals surface area contributed by atoms with Crippen molar-refractivity contribution in [2.45, 2.75) is 17.4 Å². The number of benzene rings is 2. The second kappa shape index (κ2) is 6.01. The Bertz CT molecular complexity index is 600. The Kier molecular flexibility index (Phi) is 3.92. The molecule has 1 heterocycles. The molecule has 1 atom stereocenters. The van der Waals surface area contributed by atoms with Crippen molar-refractivity contribution in [3.8, 4) is 0 Å². The number of hydrogen-bond acceptors (Lipinski definition) is 2. The van der Waals surface area contributed by atoms with Crippen LogP contribution in [-0.2, 0) is 0 Å². The number of amides is 2. The Labute approximate surface area is 122 Å². The number of fused-ring (bicyclic) bond motifs is 1. The van der Waals surface area contributed by atoms with Gasteiger partial charge in [-0.15, -0.1) is 11.8 Å². The van der Waals surface area contributed by atoms with Crippen LogP contribution < -0.4 is 10.6 Å². The van der Waals surface area contributed by atoms with Crippen LogP contribution in [0, 0.1) is 0 Å². The second-order valence-electron chi connectivity index (χ2n) is 4.69. The summed E-state index contributed by atoms with van der Waals surface area (Å²) < 4.78 is 0. The first-order chi connectivity index (χ1) is 9.83. The van der Waals surface area contributed by atoms with E-state index in [4.69, 9.17) is 0 Å². The van der Waals surface area contributed by atoms with Crippen molar-refractivity contribution >= 4 is 23.5 Å². The molecular formula is C16H16N2OS. The predicted octanol–water partition coefficient (Wildman–Crippen LogP) is 4.05. The summed E-state index contributed by atoms with van der Waals surface area (Å²) >= 11 is 1.85. The maximum atomic E-state index is 12.1. The average Bonchev–Trinajstić information content (AvgIpc) is 2.48. The molecule has 2 N–H and O–H groups in total. The molecule has 0 saturated carbocycles. The van der Waals surface area contributed by atoms with Crippen molar-refractivity contribution in [1.29, 1.82) is 0 Å². The zero-order valence-corrected chi connectivity index (χ0v) is 11.8. The minimum absolute atomic E-state index is 0.0937. The van der Waals surface area contributed by atoms with Crippen molar-refractivity contribution in [2.24, 2.45) is 0 Å². The molecule has 0 bridgehead atoms. The van der Waals surface area contributed by atoms with E-state index >= 15 is 0 Å². The Hall–Kier alpha value is -1.94. The Morgan fingerprint density at radius 2 is 1.80 bits per heavy atom. The normalized spacial score (nSPS) is 17.1. The monoisotopic (exact) mass is 284 g/mol. The summed E-state index contributed by atoms with van der Waals surface area (Å²) in [6.45, 7) is 0. The lowest BCUT2D eigenvalue weighted by Crippen LogP contribution is -2.34. The number of nitrogens with one attached hydrogen (secondary N) is 2. The molecule has 1 aliphatic heterocycles. The fraction of sp³-hybridized carbons (Fsp3) is 0.188. The molecule has 1 aliphatic rings. The lowest BCUT2D eigenvalue weighted by atomic mass is 10.0. The van der Waals surface area contributed by atoms with Gasteiger partial charge in [-0.3, -0.25) is 0 Å². The lowest BCUT2D eigenvalue weighted by Gasteiger charge is -2.25. The molecule has 0 aliphatic carbocycles. The van der Waals surface area contributed by atoms with Gasteiger partial charge in [0.15, 0.2) is 0 Å². The minimum atomic E-state index is -0.150. The number of rotatable bonds is 2. The van der Waals surface area contributed by atoms with Crippen LogP contribution in [0.4, 0.5) is 10.5 Å². The largest absolute Gasteiger partial charge is 0.331 e. The Morgan fingerprint density at radius 1 is 1.05 bits per heavy atom. The highest BCUT2D eigenvalue weighted by Crippen LogP contribution is 2.35. The SMILES string of the molecule is O=C(Nc1ccccc1)NC1CCSc2ccccc21. The van der Waals surface area contributed by atoms with Gasteiger partial charge in [0, 0.05) is 16.3 Å². The smallest absolute Gasteiger partial charge is 0.319 e. The standard InChI is InChI=1S/C16H16N2OS/c19-16(17-12-6-2-1-3-7-12)18-14-10-11-20-15-9-5-4-8-13(14)15/h1-9,14H,10-11H2,(H2,17,18,19). The van der Waals surface area contributed by atoms with Gasteiger partial charge in [-0.05, 0) is 30.2 Å². The van der Waals surface area contributed by atoms with Crippen molar-refractivity contribution in [3.63, 3.8) is 0 Å². The molecule has 0 fully saturated rings. The average molecular weight is 284 g/mol. The summed E-state index contributed by atoms with van der Waals surface area (Å²) in [6.07, 6.45) is 0.962. The molecule has 1 unspecified atom stereocenters. The van der Waals surface area contributed by atoms with E-state index in [0.29, 0.717) is 0 Å². The molecule has 0 radical (unpaired) electrons. The number of thioether (sulfide) groups is 1. The first kappa shape index (κ1) is 13.1. The van der Waals surface area contributed by atoms with Gasteiger partial charge in [0.1, 0.15) is 0 Å². The molecule has 0 aromatic heterocycles. The van der Waals surface area contributed by atoms with Crippen LogP contribution in [0.15, 0.2) is 59.5 Å². The maximum Gasteiger partial charge on any atom is 0.319 e. The molecule has 102 valence electrons. The molecule has 3 nitrogen and oxygen atoms in total. The van der Waals surface area contributed by atoms with Crippen LogP contribution in [0.1, 0.15) is 18.0 Å². The fourth-order valence-electron chi connectivity index (χ4n) is 2.34. The van der Waals surface area contributed by atoms with Gasteiger partial charge in [0.2, 0.25) is 0 Å². The van der Waals surface area contributed by atoms with E-state index in [1.807, 2.05) is 54.2 Å². The summed E-state index contributed by atoms with van der Waals surface area (Å²) in [4.78, 5) is 13.3. The van der Waals surface area contributed by atoms with Crippen molar-refractivity contribution in [2.75, 3.05) is 11.1 Å². The minimum Gasteiger partial charge on any atom is -0.331 e. The summed E-state index contributed by atoms with van der Waals surface area (Å²) in [5.74, 6) is 1.04. The molecule has 3 rings (SSSR count). The molecule has 2 amide bonds. The summed E-state index contributed by atoms with van der Waals surface area (Å²) in [5.41, 5.74) is 2.02. The lowest BCUT2D eigenvalue weighted by molar-refractivity contribution is 0.248. The van der Waals surface area contributed by atoms with Crippen LogP contribution >= 0.6 is 11.8 Å². The molecule has 0 saturated heterocycles. The summed E-state index contributed by atoms with van der Waals surface area (Å²) in [7, 11) is 0. The molecular weight excluding hydrogens is 268 g/mol. The van der Waals surface area contributed by atoms with Gasteiger partial charge < -0.3 is 10.6 Å². The number of hydrogen-bond donors (Lipinski definition) is 2. The van der Waals surface area contributed by atoms with Gasteiger partial charge >= 0.3 is 6.03 Å². The van der Waals surface area contributed by atoms with E-state index in [2.05, 4.69) is 22.8 Å². The van der Waals surface area contributed by atoms with E-state index in [9.17, 15) is 4.79 Å². The first-order valence-corrected chi connectivity index (χ1v) is 7.66. The third kappa shape index (κ3) is 2.96. The number of urea groups is 1. The number of para-hydroxylation sites is 1. The highest BCUT2D eigenvalue weighted by Gasteiger charge is 2.21. The van der Waals surface area contributed by atoms with Gasteiger partial charge in [-0.25, -0.2) is 4.79 Å². The highest BCUT2D eigenvalue weighted by atomic mass is 32.2. The molecule has 0 spiro atoms. The van der Waals surface area contributed by atoms with E-state index in [1.54, 1.807) is 0 Å². The fourth-order valence-corrected chi connectivity index (χ4v) is 3.46. The second-order valence-corrected chi connectivity index (χ2v) is 5.83. The van der Waals surface area contributed by atoms with Crippen molar-refractivity contribution in [1.82, 2.24) is 5.32 Å². The van der Waals surface area contributed by atoms with Gasteiger partial charge in [0.25, 0.3) is 0 Å². The van der Waals surface area contributed by atoms with E-state index in [-0.39, 0.29) is 12.1 Å². The summed E-state index contributed by atoms with van der Waals surface area (Å²) in [5, 5.41) is 5.92. The van der Waals surface area contributed by atoms with Crippen LogP contribution in [-0.4, -0.2) is 11.8 Å². The first-order valence-electron chi connectivity index (χ1n) is 6.67. The van der Waals surface area contributed by atoms with Crippen LogP contribution in [0.3, 0.4) is 0 Å². The molecule has 20 heavy (non-hydrogen) atoms. The maximum absolute atomic E-state index is 12.1. The zero-order valence-electron chi connectivity index (χ0n) is 11.0. The van der Waals surface area contributed by atoms with E-state index in [0.717, 1.165) is 17.9 Å². The van der Waals surface area contributed by atoms with E-state index < -0.39 is 0 Å². The zero-order chi connectivity index (χ0) is 13.8. The summed E-state index contributed by atoms with van der Waals surface area (Å²) in [6, 6.07) is 17.7. The van der Waals surface area contributed by atoms with Gasteiger partial charge in [-0.2, -0.15) is 0 Å². The number of anilines is 1. The van der Waals surface area contributed by atoms with Gasteiger partial charge in [0.05, 0.1) is 6.04 Å². The van der Waals surface area contributed by atoms with Gasteiger partial charge in [-0.1, -0.05) is 36.4 Å². The molecule has 4 heteroatoms. The quantitative estimate of drug-likeness (QED) is 0.873. The number of carbonyl (C=O) groups excluding carboxylic acids is 1. The van der Waals surface area contributed by atoms with Crippen LogP contribution in [0.5, 0.6) is 0 Å². The Morgan fingerprint density at radius 3 is 2.65 bits per heavy atom. The van der Waals surface area contributed by atoms with Crippen LogP contribution in [0.2, 0.25) is 0 Å². The van der Waals surface area contributed by atoms with Crippen molar-refractivity contribution < 1.29 is 4.79 Å². The van der Waals surface area contributed by atoms with Crippen molar-refractivity contribution in [3.05, 3.63) is 60.2 Å². The topological polar surface area (TPSA) is 41.1 Å².